The number of halogens is 3. The quantitative estimate of drug-likeness (QED) is 0.812. The van der Waals surface area contributed by atoms with Crippen molar-refractivity contribution < 1.29 is 22.4 Å². The van der Waals surface area contributed by atoms with Gasteiger partial charge in [0.05, 0.1) is 0 Å². The van der Waals surface area contributed by atoms with Crippen molar-refractivity contribution in [3.05, 3.63) is 35.6 Å². The van der Waals surface area contributed by atoms with Gasteiger partial charge >= 0.3 is 6.36 Å². The molecule has 1 fully saturated rings. The summed E-state index contributed by atoms with van der Waals surface area (Å²) in [6.07, 6.45) is -1.98. The van der Waals surface area contributed by atoms with E-state index in [0.717, 1.165) is 24.2 Å². The Morgan fingerprint density at radius 2 is 2.00 bits per heavy atom. The lowest BCUT2D eigenvalue weighted by molar-refractivity contribution is -0.274. The number of ether oxygens (including phenoxy) is 1. The Morgan fingerprint density at radius 3 is 2.62 bits per heavy atom. The summed E-state index contributed by atoms with van der Waals surface area (Å²) in [5, 5.41) is 3.99. The van der Waals surface area contributed by atoms with Gasteiger partial charge in [-0.15, -0.1) is 13.2 Å². The van der Waals surface area contributed by atoms with E-state index in [4.69, 9.17) is 4.52 Å². The van der Waals surface area contributed by atoms with Crippen molar-refractivity contribution in [2.45, 2.75) is 31.4 Å². The molecule has 2 aromatic rings. The molecule has 1 aromatic heterocycles. The van der Waals surface area contributed by atoms with Gasteiger partial charge in [0.2, 0.25) is 0 Å². The van der Waals surface area contributed by atoms with E-state index in [0.29, 0.717) is 23.5 Å². The third-order valence-electron chi connectivity index (χ3n) is 3.49. The molecule has 3 nitrogen and oxygen atoms in total. The number of benzene rings is 1. The zero-order valence-electron chi connectivity index (χ0n) is 11.4. The van der Waals surface area contributed by atoms with Crippen molar-refractivity contribution in [3.63, 3.8) is 0 Å². The molecule has 1 saturated carbocycles. The summed E-state index contributed by atoms with van der Waals surface area (Å²) in [5.74, 6) is 0.904. The van der Waals surface area contributed by atoms with E-state index in [9.17, 15) is 13.2 Å². The lowest BCUT2D eigenvalue weighted by Gasteiger charge is -2.12. The molecule has 0 amide bonds. The van der Waals surface area contributed by atoms with Gasteiger partial charge in [0.15, 0.2) is 0 Å². The monoisotopic (exact) mass is 295 g/mol. The first kappa shape index (κ1) is 14.0. The first-order chi connectivity index (χ1) is 9.99. The van der Waals surface area contributed by atoms with Crippen molar-refractivity contribution in [1.82, 2.24) is 5.16 Å². The minimum Gasteiger partial charge on any atom is -0.405 e. The summed E-state index contributed by atoms with van der Waals surface area (Å²) in [6.45, 7) is 0. The van der Waals surface area contributed by atoms with E-state index in [2.05, 4.69) is 9.89 Å². The Hall–Kier alpha value is -1.92. The first-order valence-electron chi connectivity index (χ1n) is 6.83. The van der Waals surface area contributed by atoms with E-state index in [1.807, 2.05) is 7.85 Å². The van der Waals surface area contributed by atoms with Gasteiger partial charge in [0.25, 0.3) is 0 Å². The molecular formula is C14H13BF3NO2. The SMILES string of the molecule is BCc1c(-c2ccccc2OC(F)(F)F)noc1C1CC1. The molecule has 0 atom stereocenters. The molecule has 0 bridgehead atoms. The Labute approximate surface area is 120 Å². The fourth-order valence-electron chi connectivity index (χ4n) is 2.42. The Morgan fingerprint density at radius 1 is 1.29 bits per heavy atom. The van der Waals surface area contributed by atoms with Gasteiger partial charge in [0, 0.05) is 17.0 Å². The molecule has 3 rings (SSSR count). The Bertz CT molecular complexity index is 650. The summed E-state index contributed by atoms with van der Waals surface area (Å²) in [4.78, 5) is 0. The van der Waals surface area contributed by atoms with Crippen molar-refractivity contribution in [1.29, 1.82) is 0 Å². The highest BCUT2D eigenvalue weighted by Gasteiger charge is 2.35. The normalized spacial score (nSPS) is 15.2. The summed E-state index contributed by atoms with van der Waals surface area (Å²) in [5.41, 5.74) is 1.62. The number of para-hydroxylation sites is 1. The third kappa shape index (κ3) is 2.91. The number of nitrogens with zero attached hydrogens (tertiary/aromatic N) is 1. The van der Waals surface area contributed by atoms with E-state index in [1.54, 1.807) is 12.1 Å². The minimum absolute atomic E-state index is 0.254. The molecule has 0 spiro atoms. The fraction of sp³-hybridized carbons (Fsp3) is 0.357. The van der Waals surface area contributed by atoms with Crippen LogP contribution < -0.4 is 4.74 Å². The van der Waals surface area contributed by atoms with Crippen LogP contribution in [0.3, 0.4) is 0 Å². The molecular weight excluding hydrogens is 282 g/mol. The van der Waals surface area contributed by atoms with Crippen LogP contribution in [0.5, 0.6) is 5.75 Å². The molecule has 7 heteroatoms. The van der Waals surface area contributed by atoms with E-state index in [-0.39, 0.29) is 5.75 Å². The Kier molecular flexibility index (Phi) is 3.43. The van der Waals surface area contributed by atoms with Gasteiger partial charge in [-0.3, -0.25) is 0 Å². The van der Waals surface area contributed by atoms with E-state index >= 15 is 0 Å². The number of alkyl halides is 3. The second kappa shape index (κ2) is 5.13. The molecule has 0 unspecified atom stereocenters. The molecule has 1 aromatic carbocycles. The van der Waals surface area contributed by atoms with Crippen LogP contribution in [0.1, 0.15) is 30.1 Å². The minimum atomic E-state index is -4.73. The van der Waals surface area contributed by atoms with Crippen LogP contribution in [0.15, 0.2) is 28.8 Å². The molecule has 1 heterocycles. The fourth-order valence-corrected chi connectivity index (χ4v) is 2.42. The maximum Gasteiger partial charge on any atom is 0.573 e. The van der Waals surface area contributed by atoms with Crippen molar-refractivity contribution in [2.24, 2.45) is 0 Å². The zero-order valence-corrected chi connectivity index (χ0v) is 11.4. The maximum absolute atomic E-state index is 12.5. The molecule has 1 aliphatic rings. The molecule has 110 valence electrons. The summed E-state index contributed by atoms with van der Waals surface area (Å²) < 4.78 is 46.9. The topological polar surface area (TPSA) is 35.3 Å². The summed E-state index contributed by atoms with van der Waals surface area (Å²) in [6, 6.07) is 6.00. The average molecular weight is 295 g/mol. The van der Waals surface area contributed by atoms with Crippen LogP contribution in [-0.2, 0) is 6.32 Å². The van der Waals surface area contributed by atoms with Crippen LogP contribution in [0, 0.1) is 0 Å². The zero-order chi connectivity index (χ0) is 15.0. The van der Waals surface area contributed by atoms with Crippen molar-refractivity contribution in [3.8, 4) is 17.0 Å². The average Bonchev–Trinajstić information content (AvgIpc) is 3.17. The maximum atomic E-state index is 12.5. The van der Waals surface area contributed by atoms with Crippen LogP contribution in [0.25, 0.3) is 11.3 Å². The van der Waals surface area contributed by atoms with Gasteiger partial charge in [-0.1, -0.05) is 23.6 Å². The highest BCUT2D eigenvalue weighted by atomic mass is 19.4. The lowest BCUT2D eigenvalue weighted by atomic mass is 9.91. The lowest BCUT2D eigenvalue weighted by Crippen LogP contribution is -2.17. The smallest absolute Gasteiger partial charge is 0.405 e. The number of hydrogen-bond acceptors (Lipinski definition) is 3. The van der Waals surface area contributed by atoms with E-state index < -0.39 is 6.36 Å². The molecule has 0 saturated heterocycles. The number of aromatic nitrogens is 1. The van der Waals surface area contributed by atoms with Gasteiger partial charge in [0.1, 0.15) is 25.0 Å². The molecule has 0 aliphatic heterocycles. The standard InChI is InChI=1S/C14H13BF3NO2/c15-7-10-12(19-21-13(10)8-5-6-8)9-3-1-2-4-11(9)20-14(16,17)18/h1-4,8H,5-7,15H2. The van der Waals surface area contributed by atoms with Crippen LogP contribution >= 0.6 is 0 Å². The van der Waals surface area contributed by atoms with Gasteiger partial charge < -0.3 is 9.26 Å². The van der Waals surface area contributed by atoms with Crippen LogP contribution in [0.2, 0.25) is 0 Å². The second-order valence-corrected chi connectivity index (χ2v) is 5.05. The van der Waals surface area contributed by atoms with Crippen LogP contribution in [-0.4, -0.2) is 19.4 Å². The number of hydrogen-bond donors (Lipinski definition) is 0. The predicted octanol–water partition coefficient (Wildman–Crippen LogP) is 3.25. The van der Waals surface area contributed by atoms with Crippen molar-refractivity contribution in [2.75, 3.05) is 0 Å². The number of rotatable bonds is 4. The second-order valence-electron chi connectivity index (χ2n) is 5.05. The molecule has 21 heavy (non-hydrogen) atoms. The van der Waals surface area contributed by atoms with Gasteiger partial charge in [-0.25, -0.2) is 0 Å². The largest absolute Gasteiger partial charge is 0.573 e. The van der Waals surface area contributed by atoms with Gasteiger partial charge in [-0.2, -0.15) is 0 Å². The predicted molar refractivity (Wildman–Crippen MR) is 72.8 cm³/mol. The molecule has 0 radical (unpaired) electrons. The first-order valence-corrected chi connectivity index (χ1v) is 6.83. The summed E-state index contributed by atoms with van der Waals surface area (Å²) in [7, 11) is 1.94. The van der Waals surface area contributed by atoms with Gasteiger partial charge in [-0.05, 0) is 25.0 Å². The van der Waals surface area contributed by atoms with Crippen molar-refractivity contribution >= 4 is 7.85 Å². The van der Waals surface area contributed by atoms with E-state index in [1.165, 1.54) is 12.1 Å². The molecule has 1 aliphatic carbocycles. The summed E-state index contributed by atoms with van der Waals surface area (Å²) >= 11 is 0. The van der Waals surface area contributed by atoms with Crippen LogP contribution in [0.4, 0.5) is 13.2 Å². The third-order valence-corrected chi connectivity index (χ3v) is 3.49. The highest BCUT2D eigenvalue weighted by molar-refractivity contribution is 6.09. The molecule has 0 N–H and O–H groups in total. The highest BCUT2D eigenvalue weighted by Crippen LogP contribution is 2.45. The Balaban J connectivity index is 2.04.